The van der Waals surface area contributed by atoms with Crippen LogP contribution in [0, 0.1) is 12.7 Å². The lowest BCUT2D eigenvalue weighted by atomic mass is 10.1. The Morgan fingerprint density at radius 3 is 2.74 bits per heavy atom. The van der Waals surface area contributed by atoms with Gasteiger partial charge in [-0.1, -0.05) is 25.0 Å². The molecular weight excluding hydrogens is 265 g/mol. The molecule has 0 aliphatic heterocycles. The van der Waals surface area contributed by atoms with Crippen LogP contribution < -0.4 is 0 Å². The molecule has 2 nitrogen and oxygen atoms in total. The molecule has 2 rings (SSSR count). The average molecular weight is 284 g/mol. The molecule has 0 unspecified atom stereocenters. The van der Waals surface area contributed by atoms with Crippen LogP contribution in [0.5, 0.6) is 0 Å². The number of hydrogen-bond acceptors (Lipinski definition) is 1. The molecule has 1 fully saturated rings. The summed E-state index contributed by atoms with van der Waals surface area (Å²) in [5.74, 6) is -0.255. The van der Waals surface area contributed by atoms with Crippen LogP contribution in [0.25, 0.3) is 0 Å². The lowest BCUT2D eigenvalue weighted by Gasteiger charge is -2.28. The quantitative estimate of drug-likeness (QED) is 0.771. The Morgan fingerprint density at radius 1 is 1.42 bits per heavy atom. The molecule has 1 aliphatic carbocycles. The minimum Gasteiger partial charge on any atom is -0.334 e. The van der Waals surface area contributed by atoms with Gasteiger partial charge in [-0.05, 0) is 31.4 Å². The summed E-state index contributed by atoms with van der Waals surface area (Å²) in [6.45, 7) is 2.16. The van der Waals surface area contributed by atoms with Crippen LogP contribution in [0.3, 0.4) is 0 Å². The number of hydrogen-bond donors (Lipinski definition) is 0. The highest BCUT2D eigenvalue weighted by Gasteiger charge is 2.28. The second-order valence-corrected chi connectivity index (χ2v) is 5.44. The fraction of sp³-hybridized carbons (Fsp3) is 0.533. The van der Waals surface area contributed by atoms with Crippen LogP contribution in [0.2, 0.25) is 0 Å². The molecule has 1 amide bonds. The zero-order chi connectivity index (χ0) is 13.8. The van der Waals surface area contributed by atoms with E-state index in [4.69, 9.17) is 11.6 Å². The smallest absolute Gasteiger partial charge is 0.257 e. The summed E-state index contributed by atoms with van der Waals surface area (Å²) in [6, 6.07) is 5.17. The summed E-state index contributed by atoms with van der Waals surface area (Å²) < 4.78 is 14.1. The molecule has 104 valence electrons. The fourth-order valence-corrected chi connectivity index (χ4v) is 2.91. The van der Waals surface area contributed by atoms with E-state index in [0.29, 0.717) is 18.0 Å². The summed E-state index contributed by atoms with van der Waals surface area (Å²) in [6.07, 6.45) is 4.26. The van der Waals surface area contributed by atoms with Crippen LogP contribution in [0.1, 0.15) is 41.6 Å². The first-order valence-electron chi connectivity index (χ1n) is 6.77. The molecule has 0 atom stereocenters. The maximum Gasteiger partial charge on any atom is 0.257 e. The summed E-state index contributed by atoms with van der Waals surface area (Å²) in [5, 5.41) is 0. The largest absolute Gasteiger partial charge is 0.334 e. The van der Waals surface area contributed by atoms with E-state index in [9.17, 15) is 9.18 Å². The Morgan fingerprint density at radius 2 is 2.11 bits per heavy atom. The maximum absolute atomic E-state index is 14.1. The van der Waals surface area contributed by atoms with Gasteiger partial charge in [0.25, 0.3) is 5.91 Å². The third kappa shape index (κ3) is 3.08. The zero-order valence-electron chi connectivity index (χ0n) is 11.2. The van der Waals surface area contributed by atoms with Gasteiger partial charge in [0.05, 0.1) is 5.56 Å². The van der Waals surface area contributed by atoms with Gasteiger partial charge >= 0.3 is 0 Å². The Bertz CT molecular complexity index is 457. The molecule has 0 heterocycles. The summed E-state index contributed by atoms with van der Waals surface area (Å²) >= 11 is 5.79. The molecule has 1 aromatic carbocycles. The predicted molar refractivity (Wildman–Crippen MR) is 75.1 cm³/mol. The predicted octanol–water partition coefficient (Wildman–Crippen LogP) is 3.76. The second-order valence-electron chi connectivity index (χ2n) is 5.06. The van der Waals surface area contributed by atoms with Crippen LogP contribution in [-0.2, 0) is 0 Å². The van der Waals surface area contributed by atoms with E-state index in [0.717, 1.165) is 25.7 Å². The van der Waals surface area contributed by atoms with E-state index in [-0.39, 0.29) is 17.5 Å². The van der Waals surface area contributed by atoms with Gasteiger partial charge in [0, 0.05) is 18.5 Å². The molecule has 0 N–H and O–H groups in total. The Hall–Kier alpha value is -1.09. The van der Waals surface area contributed by atoms with Gasteiger partial charge < -0.3 is 4.90 Å². The van der Waals surface area contributed by atoms with Gasteiger partial charge in [-0.2, -0.15) is 0 Å². The molecule has 0 radical (unpaired) electrons. The Labute approximate surface area is 118 Å². The van der Waals surface area contributed by atoms with Crippen LogP contribution in [-0.4, -0.2) is 29.3 Å². The fourth-order valence-electron chi connectivity index (χ4n) is 2.72. The van der Waals surface area contributed by atoms with E-state index in [1.165, 1.54) is 0 Å². The van der Waals surface area contributed by atoms with E-state index < -0.39 is 5.82 Å². The number of alkyl halides is 1. The number of nitrogens with zero attached hydrogens (tertiary/aromatic N) is 1. The number of carbonyl (C=O) groups is 1. The summed E-state index contributed by atoms with van der Waals surface area (Å²) in [4.78, 5) is 14.3. The topological polar surface area (TPSA) is 20.3 Å². The SMILES string of the molecule is Cc1cccc(C(=O)N(CCCl)C2CCCC2)c1F. The van der Waals surface area contributed by atoms with Crippen molar-refractivity contribution in [3.63, 3.8) is 0 Å². The van der Waals surface area contributed by atoms with Crippen molar-refractivity contribution in [3.8, 4) is 0 Å². The number of amides is 1. The van der Waals surface area contributed by atoms with Crippen molar-refractivity contribution >= 4 is 17.5 Å². The molecule has 4 heteroatoms. The lowest BCUT2D eigenvalue weighted by Crippen LogP contribution is -2.40. The van der Waals surface area contributed by atoms with Crippen LogP contribution in [0.15, 0.2) is 18.2 Å². The molecule has 1 aromatic rings. The van der Waals surface area contributed by atoms with E-state index >= 15 is 0 Å². The van der Waals surface area contributed by atoms with Gasteiger partial charge in [0.2, 0.25) is 0 Å². The second kappa shape index (κ2) is 6.38. The molecule has 0 saturated heterocycles. The maximum atomic E-state index is 14.1. The van der Waals surface area contributed by atoms with Crippen molar-refractivity contribution < 1.29 is 9.18 Å². The molecule has 0 spiro atoms. The molecule has 0 bridgehead atoms. The van der Waals surface area contributed by atoms with Gasteiger partial charge in [-0.15, -0.1) is 11.6 Å². The van der Waals surface area contributed by atoms with Crippen molar-refractivity contribution in [3.05, 3.63) is 35.1 Å². The first-order chi connectivity index (χ1) is 9.15. The number of rotatable bonds is 4. The van der Waals surface area contributed by atoms with Crippen LogP contribution >= 0.6 is 11.6 Å². The molecule has 19 heavy (non-hydrogen) atoms. The highest BCUT2D eigenvalue weighted by atomic mass is 35.5. The molecule has 0 aromatic heterocycles. The molecule has 1 saturated carbocycles. The lowest BCUT2D eigenvalue weighted by molar-refractivity contribution is 0.0690. The number of halogens is 2. The highest BCUT2D eigenvalue weighted by molar-refractivity contribution is 6.18. The van der Waals surface area contributed by atoms with Crippen molar-refractivity contribution in [1.29, 1.82) is 0 Å². The molecular formula is C15H19ClFNO. The van der Waals surface area contributed by atoms with Crippen LogP contribution in [0.4, 0.5) is 4.39 Å². The van der Waals surface area contributed by atoms with Crippen molar-refractivity contribution in [1.82, 2.24) is 4.90 Å². The van der Waals surface area contributed by atoms with Gasteiger partial charge in [-0.25, -0.2) is 4.39 Å². The Balaban J connectivity index is 2.25. The minimum atomic E-state index is -0.412. The van der Waals surface area contributed by atoms with Gasteiger partial charge in [0.1, 0.15) is 5.82 Å². The van der Waals surface area contributed by atoms with E-state index in [2.05, 4.69) is 0 Å². The zero-order valence-corrected chi connectivity index (χ0v) is 11.9. The monoisotopic (exact) mass is 283 g/mol. The minimum absolute atomic E-state index is 0.164. The van der Waals surface area contributed by atoms with Gasteiger partial charge in [0.15, 0.2) is 0 Å². The number of carbonyl (C=O) groups excluding carboxylic acids is 1. The highest BCUT2D eigenvalue weighted by Crippen LogP contribution is 2.25. The van der Waals surface area contributed by atoms with Gasteiger partial charge in [-0.3, -0.25) is 4.79 Å². The average Bonchev–Trinajstić information content (AvgIpc) is 2.92. The summed E-state index contributed by atoms with van der Waals surface area (Å²) in [7, 11) is 0. The normalized spacial score (nSPS) is 15.7. The molecule has 1 aliphatic rings. The summed E-state index contributed by atoms with van der Waals surface area (Å²) in [5.41, 5.74) is 0.667. The standard InChI is InChI=1S/C15H19ClFNO/c1-11-5-4-8-13(14(11)17)15(19)18(10-9-16)12-6-2-3-7-12/h4-5,8,12H,2-3,6-7,9-10H2,1H3. The number of benzene rings is 1. The first-order valence-corrected chi connectivity index (χ1v) is 7.30. The number of aryl methyl sites for hydroxylation is 1. The van der Waals surface area contributed by atoms with E-state index in [1.807, 2.05) is 0 Å². The van der Waals surface area contributed by atoms with Crippen molar-refractivity contribution in [2.24, 2.45) is 0 Å². The van der Waals surface area contributed by atoms with Crippen molar-refractivity contribution in [2.45, 2.75) is 38.6 Å². The first kappa shape index (κ1) is 14.3. The van der Waals surface area contributed by atoms with E-state index in [1.54, 1.807) is 30.0 Å². The third-order valence-electron chi connectivity index (χ3n) is 3.77. The Kier molecular flexibility index (Phi) is 4.81. The van der Waals surface area contributed by atoms with Crippen molar-refractivity contribution in [2.75, 3.05) is 12.4 Å². The third-order valence-corrected chi connectivity index (χ3v) is 3.94.